The Hall–Kier alpha value is -1.09. The standard InChI is InChI=1S/C20H32ClNO6S/c1-5-7-8-13(6-2)16(24)20(18(26)29-12-10-15(23)28-4)19(3,27)14(9-11-21)17(25)22-20/h7-8,13-14,16,24,27H,5-6,9-12H2,1-4H3,(H,22,25)/b8-7-/t13-,14-,16-,19-,20-/m0/s1. The molecule has 3 N–H and O–H groups in total. The monoisotopic (exact) mass is 449 g/mol. The topological polar surface area (TPSA) is 113 Å². The fourth-order valence-electron chi connectivity index (χ4n) is 3.75. The highest BCUT2D eigenvalue weighted by atomic mass is 35.5. The van der Waals surface area contributed by atoms with Gasteiger partial charge in [0.15, 0.2) is 5.54 Å². The lowest BCUT2D eigenvalue weighted by atomic mass is 9.69. The van der Waals surface area contributed by atoms with Crippen molar-refractivity contribution in [2.75, 3.05) is 18.7 Å². The molecule has 0 saturated carbocycles. The summed E-state index contributed by atoms with van der Waals surface area (Å²) in [4.78, 5) is 37.3. The van der Waals surface area contributed by atoms with E-state index in [4.69, 9.17) is 11.6 Å². The van der Waals surface area contributed by atoms with Gasteiger partial charge in [-0.15, -0.1) is 11.6 Å². The Morgan fingerprint density at radius 3 is 2.59 bits per heavy atom. The third-order valence-electron chi connectivity index (χ3n) is 5.54. The quantitative estimate of drug-likeness (QED) is 0.251. The largest absolute Gasteiger partial charge is 0.469 e. The molecule has 1 aliphatic heterocycles. The highest BCUT2D eigenvalue weighted by molar-refractivity contribution is 8.13. The minimum Gasteiger partial charge on any atom is -0.469 e. The van der Waals surface area contributed by atoms with Crippen LogP contribution in [-0.2, 0) is 19.1 Å². The summed E-state index contributed by atoms with van der Waals surface area (Å²) in [5, 5.41) is 24.7. The van der Waals surface area contributed by atoms with Gasteiger partial charge in [-0.1, -0.05) is 37.8 Å². The van der Waals surface area contributed by atoms with Crippen LogP contribution in [0.4, 0.5) is 0 Å². The molecule has 1 fully saturated rings. The summed E-state index contributed by atoms with van der Waals surface area (Å²) in [7, 11) is 1.25. The average molecular weight is 450 g/mol. The summed E-state index contributed by atoms with van der Waals surface area (Å²) in [6.45, 7) is 5.20. The van der Waals surface area contributed by atoms with Crippen LogP contribution >= 0.6 is 23.4 Å². The van der Waals surface area contributed by atoms with Gasteiger partial charge in [0.25, 0.3) is 0 Å². The lowest BCUT2D eigenvalue weighted by Crippen LogP contribution is -2.69. The van der Waals surface area contributed by atoms with Crippen LogP contribution in [-0.4, -0.2) is 63.2 Å². The maximum Gasteiger partial charge on any atom is 0.306 e. The molecule has 1 amide bonds. The number of allylic oxidation sites excluding steroid dienone is 1. The van der Waals surface area contributed by atoms with Gasteiger partial charge in [0, 0.05) is 17.6 Å². The molecule has 1 heterocycles. The van der Waals surface area contributed by atoms with Crippen molar-refractivity contribution in [3.8, 4) is 0 Å². The number of aliphatic hydroxyl groups is 2. The smallest absolute Gasteiger partial charge is 0.306 e. The second-order valence-corrected chi connectivity index (χ2v) is 8.74. The SMILES string of the molecule is CC/C=C\[C@H](CC)[C@H](O)[C@@]1(C(=O)SCCC(=O)OC)NC(=O)[C@H](CCCl)[C@]1(C)O. The van der Waals surface area contributed by atoms with Crippen LogP contribution in [0.5, 0.6) is 0 Å². The zero-order valence-corrected chi connectivity index (χ0v) is 19.0. The van der Waals surface area contributed by atoms with Gasteiger partial charge < -0.3 is 20.3 Å². The van der Waals surface area contributed by atoms with Crippen molar-refractivity contribution in [3.05, 3.63) is 12.2 Å². The summed E-state index contributed by atoms with van der Waals surface area (Å²) in [5.74, 6) is -2.16. The first-order chi connectivity index (χ1) is 13.6. The number of thioether (sulfide) groups is 1. The van der Waals surface area contributed by atoms with E-state index in [-0.39, 0.29) is 24.5 Å². The Kier molecular flexibility index (Phi) is 10.1. The maximum atomic E-state index is 13.3. The highest BCUT2D eigenvalue weighted by Gasteiger charge is 2.68. The van der Waals surface area contributed by atoms with E-state index in [1.165, 1.54) is 14.0 Å². The molecule has 0 radical (unpaired) electrons. The Bertz CT molecular complexity index is 626. The molecule has 9 heteroatoms. The number of rotatable bonds is 11. The van der Waals surface area contributed by atoms with Crippen molar-refractivity contribution in [1.82, 2.24) is 5.32 Å². The Morgan fingerprint density at radius 1 is 1.41 bits per heavy atom. The second kappa shape index (κ2) is 11.3. The Balaban J connectivity index is 3.34. The number of nitrogens with one attached hydrogen (secondary N) is 1. The number of alkyl halides is 1. The number of carbonyl (C=O) groups is 3. The van der Waals surface area contributed by atoms with Crippen molar-refractivity contribution in [3.63, 3.8) is 0 Å². The molecule has 0 bridgehead atoms. The summed E-state index contributed by atoms with van der Waals surface area (Å²) in [6.07, 6.45) is 3.73. The first kappa shape index (κ1) is 25.9. The summed E-state index contributed by atoms with van der Waals surface area (Å²) < 4.78 is 4.58. The molecule has 0 aromatic rings. The summed E-state index contributed by atoms with van der Waals surface area (Å²) >= 11 is 6.60. The van der Waals surface area contributed by atoms with E-state index >= 15 is 0 Å². The third kappa shape index (κ3) is 5.34. The van der Waals surface area contributed by atoms with Crippen molar-refractivity contribution in [2.24, 2.45) is 11.8 Å². The van der Waals surface area contributed by atoms with Gasteiger partial charge in [-0.05, 0) is 26.2 Å². The summed E-state index contributed by atoms with van der Waals surface area (Å²) in [6, 6.07) is 0. The number of halogens is 1. The van der Waals surface area contributed by atoms with Gasteiger partial charge >= 0.3 is 5.97 Å². The molecule has 7 nitrogen and oxygen atoms in total. The average Bonchev–Trinajstić information content (AvgIpc) is 2.89. The van der Waals surface area contributed by atoms with Gasteiger partial charge in [0.05, 0.1) is 25.6 Å². The minimum absolute atomic E-state index is 0.00672. The molecule has 0 aromatic carbocycles. The van der Waals surface area contributed by atoms with E-state index in [1.807, 2.05) is 19.9 Å². The van der Waals surface area contributed by atoms with Crippen LogP contribution in [0.2, 0.25) is 0 Å². The molecule has 1 aliphatic rings. The van der Waals surface area contributed by atoms with Crippen LogP contribution in [0.1, 0.15) is 46.5 Å². The van der Waals surface area contributed by atoms with Gasteiger partial charge in [-0.3, -0.25) is 14.4 Å². The lowest BCUT2D eigenvalue weighted by molar-refractivity contribution is -0.142. The number of carbonyl (C=O) groups excluding carboxylic acids is 3. The number of esters is 1. The van der Waals surface area contributed by atoms with Gasteiger partial charge in [0.2, 0.25) is 11.0 Å². The van der Waals surface area contributed by atoms with Crippen LogP contribution in [0, 0.1) is 11.8 Å². The van der Waals surface area contributed by atoms with E-state index in [0.717, 1.165) is 18.2 Å². The molecule has 0 spiro atoms. The molecule has 0 aromatic heterocycles. The van der Waals surface area contributed by atoms with Gasteiger partial charge in [-0.25, -0.2) is 0 Å². The normalized spacial score (nSPS) is 28.9. The number of aliphatic hydroxyl groups excluding tert-OH is 1. The predicted molar refractivity (Wildman–Crippen MR) is 114 cm³/mol. The molecule has 1 saturated heterocycles. The van der Waals surface area contributed by atoms with Crippen LogP contribution in [0.25, 0.3) is 0 Å². The van der Waals surface area contributed by atoms with E-state index in [2.05, 4.69) is 10.1 Å². The van der Waals surface area contributed by atoms with E-state index < -0.39 is 46.1 Å². The van der Waals surface area contributed by atoms with Gasteiger partial charge in [-0.2, -0.15) is 0 Å². The lowest BCUT2D eigenvalue weighted by Gasteiger charge is -2.44. The first-order valence-electron chi connectivity index (χ1n) is 9.83. The number of hydrogen-bond donors (Lipinski definition) is 3. The van der Waals surface area contributed by atoms with Gasteiger partial charge in [0.1, 0.15) is 5.60 Å². The zero-order chi connectivity index (χ0) is 22.2. The molecule has 0 aliphatic carbocycles. The fraction of sp³-hybridized carbons (Fsp3) is 0.750. The van der Waals surface area contributed by atoms with Crippen molar-refractivity contribution < 1.29 is 29.3 Å². The van der Waals surface area contributed by atoms with Crippen molar-refractivity contribution in [1.29, 1.82) is 0 Å². The first-order valence-corrected chi connectivity index (χ1v) is 11.3. The number of methoxy groups -OCH3 is 1. The van der Waals surface area contributed by atoms with Crippen LogP contribution in [0.3, 0.4) is 0 Å². The highest BCUT2D eigenvalue weighted by Crippen LogP contribution is 2.45. The molecule has 29 heavy (non-hydrogen) atoms. The van der Waals surface area contributed by atoms with Crippen molar-refractivity contribution in [2.45, 2.75) is 63.7 Å². The van der Waals surface area contributed by atoms with Crippen molar-refractivity contribution >= 4 is 40.4 Å². The third-order valence-corrected chi connectivity index (χ3v) is 6.75. The summed E-state index contributed by atoms with van der Waals surface area (Å²) in [5.41, 5.74) is -3.78. The maximum absolute atomic E-state index is 13.3. The molecule has 1 rings (SSSR count). The zero-order valence-electron chi connectivity index (χ0n) is 17.4. The molecule has 5 atom stereocenters. The number of amides is 1. The molecule has 166 valence electrons. The number of ether oxygens (including phenoxy) is 1. The predicted octanol–water partition coefficient (Wildman–Crippen LogP) is 2.03. The molecular formula is C20H32ClNO6S. The van der Waals surface area contributed by atoms with Crippen LogP contribution in [0.15, 0.2) is 12.2 Å². The number of hydrogen-bond acceptors (Lipinski definition) is 7. The van der Waals surface area contributed by atoms with Crippen LogP contribution < -0.4 is 5.32 Å². The second-order valence-electron chi connectivity index (χ2n) is 7.29. The fourth-order valence-corrected chi connectivity index (χ4v) is 5.03. The Morgan fingerprint density at radius 2 is 2.07 bits per heavy atom. The Labute approximate surface area is 181 Å². The van der Waals surface area contributed by atoms with E-state index in [0.29, 0.717) is 6.42 Å². The van der Waals surface area contributed by atoms with E-state index in [1.54, 1.807) is 6.08 Å². The molecule has 0 unspecified atom stereocenters. The van der Waals surface area contributed by atoms with E-state index in [9.17, 15) is 24.6 Å². The molecular weight excluding hydrogens is 418 g/mol. The minimum atomic E-state index is -1.92.